The second kappa shape index (κ2) is 14.7. The van der Waals surface area contributed by atoms with E-state index < -0.39 is 23.9 Å². The monoisotopic (exact) mass is 593 g/mol. The maximum Gasteiger partial charge on any atom is 0.573 e. The molecule has 1 fully saturated rings. The number of carboxylic acids is 1. The fourth-order valence-corrected chi connectivity index (χ4v) is 5.41. The normalized spacial score (nSPS) is 13.5. The number of rotatable bonds is 6. The molecule has 0 atom stereocenters. The third-order valence-electron chi connectivity index (χ3n) is 6.19. The van der Waals surface area contributed by atoms with Gasteiger partial charge in [-0.3, -0.25) is 14.0 Å². The minimum absolute atomic E-state index is 0.124. The highest BCUT2D eigenvalue weighted by Gasteiger charge is 2.31. The van der Waals surface area contributed by atoms with Crippen molar-refractivity contribution in [3.05, 3.63) is 77.5 Å². The van der Waals surface area contributed by atoms with E-state index in [0.29, 0.717) is 5.69 Å². The molecule has 1 aliphatic carbocycles. The lowest BCUT2D eigenvalue weighted by atomic mass is 9.84. The Kier molecular flexibility index (Phi) is 11.4. The second-order valence-electron chi connectivity index (χ2n) is 9.38. The van der Waals surface area contributed by atoms with Crippen molar-refractivity contribution in [2.45, 2.75) is 57.9 Å². The predicted octanol–water partition coefficient (Wildman–Crippen LogP) is 7.46. The smallest absolute Gasteiger partial charge is 0.481 e. The molecule has 0 radical (unpaired) electrons. The number of fused-ring (bicyclic) bond motifs is 1. The van der Waals surface area contributed by atoms with Crippen molar-refractivity contribution >= 4 is 28.6 Å². The van der Waals surface area contributed by atoms with Crippen LogP contribution in [0.2, 0.25) is 0 Å². The SMILES string of the molecule is CC(=O)O.CNCc1cc(OC(F)(F)F)ccc1F.O=Cc1cn2cc(-c3ccc(C4CCCCC4)cc3)sc2n1. The van der Waals surface area contributed by atoms with Gasteiger partial charge in [0.2, 0.25) is 0 Å². The van der Waals surface area contributed by atoms with Crippen LogP contribution in [0.25, 0.3) is 15.4 Å². The Morgan fingerprint density at radius 3 is 2.37 bits per heavy atom. The quantitative estimate of drug-likeness (QED) is 0.178. The topological polar surface area (TPSA) is 92.9 Å². The van der Waals surface area contributed by atoms with E-state index >= 15 is 0 Å². The number of nitrogens with zero attached hydrogens (tertiary/aromatic N) is 2. The first-order valence-electron chi connectivity index (χ1n) is 12.9. The van der Waals surface area contributed by atoms with E-state index in [9.17, 15) is 22.4 Å². The summed E-state index contributed by atoms with van der Waals surface area (Å²) >= 11 is 1.62. The molecule has 2 aromatic heterocycles. The van der Waals surface area contributed by atoms with Crippen molar-refractivity contribution in [2.75, 3.05) is 7.05 Å². The van der Waals surface area contributed by atoms with Gasteiger partial charge in [-0.15, -0.1) is 13.2 Å². The summed E-state index contributed by atoms with van der Waals surface area (Å²) in [6, 6.07) is 11.9. The number of nitrogens with one attached hydrogen (secondary N) is 1. The maximum atomic E-state index is 13.0. The molecular weight excluding hydrogens is 562 g/mol. The van der Waals surface area contributed by atoms with Gasteiger partial charge in [-0.2, -0.15) is 0 Å². The number of aliphatic carboxylic acids is 1. The molecule has 2 N–H and O–H groups in total. The largest absolute Gasteiger partial charge is 0.573 e. The van der Waals surface area contributed by atoms with Gasteiger partial charge in [-0.05, 0) is 55.1 Å². The highest BCUT2D eigenvalue weighted by Crippen LogP contribution is 2.35. The molecule has 0 spiro atoms. The number of imidazole rings is 1. The molecule has 2 aromatic carbocycles. The molecule has 0 saturated heterocycles. The number of carbonyl (C=O) groups is 2. The number of aromatic nitrogens is 2. The zero-order valence-corrected chi connectivity index (χ0v) is 23.4. The van der Waals surface area contributed by atoms with Crippen LogP contribution in [0.5, 0.6) is 5.75 Å². The van der Waals surface area contributed by atoms with Crippen molar-refractivity contribution in [3.63, 3.8) is 0 Å². The number of hydrogen-bond acceptors (Lipinski definition) is 6. The maximum absolute atomic E-state index is 13.0. The van der Waals surface area contributed by atoms with Crippen LogP contribution >= 0.6 is 11.3 Å². The third-order valence-corrected chi connectivity index (χ3v) is 7.23. The standard InChI is InChI=1S/C18H18N2OS.C9H9F4NO.C2H4O2/c21-12-16-10-20-11-17(22-18(20)19-16)15-8-6-14(7-9-15)13-4-2-1-3-5-13;1-14-5-6-4-7(2-3-8(6)10)15-9(11,12)13;1-2(3)4/h6-13H,1-5H2;2-4,14H,5H2,1H3;1H3,(H,3,4). The van der Waals surface area contributed by atoms with Crippen LogP contribution in [0.15, 0.2) is 54.9 Å². The van der Waals surface area contributed by atoms with Crippen LogP contribution in [0.1, 0.15) is 66.6 Å². The number of alkyl halides is 3. The number of carbonyl (C=O) groups excluding carboxylic acids is 1. The van der Waals surface area contributed by atoms with Crippen molar-refractivity contribution in [2.24, 2.45) is 0 Å². The van der Waals surface area contributed by atoms with Gasteiger partial charge in [0.25, 0.3) is 5.97 Å². The van der Waals surface area contributed by atoms with Gasteiger partial charge >= 0.3 is 6.36 Å². The number of ether oxygens (including phenoxy) is 1. The van der Waals surface area contributed by atoms with E-state index in [2.05, 4.69) is 45.5 Å². The molecule has 0 bridgehead atoms. The highest BCUT2D eigenvalue weighted by atomic mass is 32.1. The lowest BCUT2D eigenvalue weighted by Crippen LogP contribution is -2.17. The molecule has 1 aliphatic rings. The molecule has 220 valence electrons. The van der Waals surface area contributed by atoms with Crippen molar-refractivity contribution in [1.29, 1.82) is 0 Å². The van der Waals surface area contributed by atoms with Gasteiger partial charge in [-0.1, -0.05) is 54.9 Å². The zero-order valence-electron chi connectivity index (χ0n) is 22.6. The minimum Gasteiger partial charge on any atom is -0.481 e. The molecule has 1 saturated carbocycles. The Labute approximate surface area is 238 Å². The van der Waals surface area contributed by atoms with Crippen LogP contribution < -0.4 is 10.1 Å². The summed E-state index contributed by atoms with van der Waals surface area (Å²) in [7, 11) is 1.57. The van der Waals surface area contributed by atoms with Crippen LogP contribution in [0, 0.1) is 5.82 Å². The second-order valence-corrected chi connectivity index (χ2v) is 10.4. The Morgan fingerprint density at radius 1 is 1.15 bits per heavy atom. The summed E-state index contributed by atoms with van der Waals surface area (Å²) in [5, 5.41) is 10.1. The number of halogens is 4. The Morgan fingerprint density at radius 2 is 1.80 bits per heavy atom. The van der Waals surface area contributed by atoms with Crippen LogP contribution in [-0.2, 0) is 11.3 Å². The van der Waals surface area contributed by atoms with Crippen molar-refractivity contribution in [3.8, 4) is 16.2 Å². The Balaban J connectivity index is 0.000000212. The average Bonchev–Trinajstić information content (AvgIpc) is 3.50. The first-order valence-corrected chi connectivity index (χ1v) is 13.7. The van der Waals surface area contributed by atoms with E-state index in [0.717, 1.165) is 42.3 Å². The van der Waals surface area contributed by atoms with E-state index in [-0.39, 0.29) is 12.1 Å². The number of carboxylic acid groups (broad SMARTS) is 1. The molecule has 0 amide bonds. The molecule has 12 heteroatoms. The van der Waals surface area contributed by atoms with Gasteiger partial charge in [0.15, 0.2) is 11.2 Å². The molecule has 7 nitrogen and oxygen atoms in total. The number of aldehydes is 1. The van der Waals surface area contributed by atoms with Crippen LogP contribution in [0.4, 0.5) is 17.6 Å². The van der Waals surface area contributed by atoms with E-state index in [1.54, 1.807) is 24.6 Å². The lowest BCUT2D eigenvalue weighted by molar-refractivity contribution is -0.274. The summed E-state index contributed by atoms with van der Waals surface area (Å²) in [5.41, 5.74) is 3.32. The Bertz CT molecular complexity index is 1390. The summed E-state index contributed by atoms with van der Waals surface area (Å²) in [5.74, 6) is -1.08. The van der Waals surface area contributed by atoms with Crippen LogP contribution in [0.3, 0.4) is 0 Å². The minimum atomic E-state index is -4.76. The molecule has 41 heavy (non-hydrogen) atoms. The number of hydrogen-bond donors (Lipinski definition) is 2. The molecule has 5 rings (SSSR count). The average molecular weight is 594 g/mol. The summed E-state index contributed by atoms with van der Waals surface area (Å²) < 4.78 is 54.1. The zero-order chi connectivity index (χ0) is 30.0. The summed E-state index contributed by atoms with van der Waals surface area (Å²) in [4.78, 5) is 26.1. The van der Waals surface area contributed by atoms with Gasteiger partial charge < -0.3 is 15.2 Å². The van der Waals surface area contributed by atoms with Crippen molar-refractivity contribution < 1.29 is 37.0 Å². The fourth-order valence-electron chi connectivity index (χ4n) is 4.43. The molecule has 4 aromatic rings. The third kappa shape index (κ3) is 9.98. The molecule has 2 heterocycles. The van der Waals surface area contributed by atoms with Gasteiger partial charge in [-0.25, -0.2) is 9.37 Å². The molecule has 0 aliphatic heterocycles. The summed E-state index contributed by atoms with van der Waals surface area (Å²) in [6.45, 7) is 1.22. The number of benzene rings is 2. The highest BCUT2D eigenvalue weighted by molar-refractivity contribution is 7.20. The number of thiazole rings is 1. The predicted molar refractivity (Wildman–Crippen MR) is 149 cm³/mol. The lowest BCUT2D eigenvalue weighted by Gasteiger charge is -2.22. The first kappa shape index (κ1) is 31.8. The van der Waals surface area contributed by atoms with Crippen molar-refractivity contribution in [1.82, 2.24) is 14.7 Å². The van der Waals surface area contributed by atoms with E-state index in [1.807, 2.05) is 4.40 Å². The van der Waals surface area contributed by atoms with Crippen LogP contribution in [-0.4, -0.2) is 40.2 Å². The Hall–Kier alpha value is -3.77. The molecule has 0 unspecified atom stereocenters. The fraction of sp³-hybridized carbons (Fsp3) is 0.345. The first-order chi connectivity index (χ1) is 19.5. The van der Waals surface area contributed by atoms with Gasteiger partial charge in [0.05, 0.1) is 4.88 Å². The summed E-state index contributed by atoms with van der Waals surface area (Å²) in [6.07, 6.45) is 6.66. The van der Waals surface area contributed by atoms with Gasteiger partial charge in [0, 0.05) is 31.4 Å². The molecular formula is C29H31F4N3O4S. The van der Waals surface area contributed by atoms with E-state index in [4.69, 9.17) is 9.90 Å². The van der Waals surface area contributed by atoms with E-state index in [1.165, 1.54) is 48.1 Å². The van der Waals surface area contributed by atoms with Gasteiger partial charge in [0.1, 0.15) is 17.3 Å².